The lowest BCUT2D eigenvalue weighted by Crippen LogP contribution is -2.30. The number of hydrogen-bond acceptors (Lipinski definition) is 4. The highest BCUT2D eigenvalue weighted by molar-refractivity contribution is 7.89. The third kappa shape index (κ3) is 3.63. The molecule has 0 bridgehead atoms. The first-order chi connectivity index (χ1) is 11.4. The molecule has 1 heterocycles. The minimum Gasteiger partial charge on any atom is -0.310 e. The van der Waals surface area contributed by atoms with Crippen LogP contribution in [0.5, 0.6) is 0 Å². The van der Waals surface area contributed by atoms with Crippen LogP contribution in [0.15, 0.2) is 53.7 Å². The van der Waals surface area contributed by atoms with Crippen molar-refractivity contribution >= 4 is 21.6 Å². The molecular weight excluding hydrogens is 326 g/mol. The van der Waals surface area contributed by atoms with Crippen LogP contribution in [0.1, 0.15) is 24.2 Å². The topological polar surface area (TPSA) is 70.6 Å². The quantitative estimate of drug-likeness (QED) is 0.804. The molecule has 7 heteroatoms. The lowest BCUT2D eigenvalue weighted by Gasteiger charge is -2.19. The van der Waals surface area contributed by atoms with Gasteiger partial charge in [0.15, 0.2) is 0 Å². The predicted octanol–water partition coefficient (Wildman–Crippen LogP) is 2.39. The molecule has 0 radical (unpaired) electrons. The Hall–Kier alpha value is -2.25. The Morgan fingerprint density at radius 1 is 1.08 bits per heavy atom. The van der Waals surface area contributed by atoms with Crippen LogP contribution in [0.2, 0.25) is 0 Å². The second-order valence-corrected chi connectivity index (χ2v) is 7.13. The Balaban J connectivity index is 2.25. The summed E-state index contributed by atoms with van der Waals surface area (Å²) in [6.07, 6.45) is 3.23. The van der Waals surface area contributed by atoms with Crippen LogP contribution in [0.25, 0.3) is 0 Å². The first kappa shape index (κ1) is 18.1. The van der Waals surface area contributed by atoms with Crippen LogP contribution in [0.3, 0.4) is 0 Å². The van der Waals surface area contributed by atoms with Crippen molar-refractivity contribution in [3.05, 3.63) is 54.4 Å². The first-order valence-corrected chi connectivity index (χ1v) is 9.14. The average Bonchev–Trinajstić information content (AvgIpc) is 2.62. The molecule has 24 heavy (non-hydrogen) atoms. The number of nitrogens with zero attached hydrogens (tertiary/aromatic N) is 3. The number of hydrogen-bond donors (Lipinski definition) is 0. The van der Waals surface area contributed by atoms with Gasteiger partial charge in [0.05, 0.1) is 16.8 Å². The number of benzene rings is 1. The van der Waals surface area contributed by atoms with E-state index in [0.29, 0.717) is 24.3 Å². The maximum absolute atomic E-state index is 12.5. The summed E-state index contributed by atoms with van der Waals surface area (Å²) in [5, 5.41) is 0. The van der Waals surface area contributed by atoms with Crippen molar-refractivity contribution in [1.29, 1.82) is 0 Å². The van der Waals surface area contributed by atoms with Gasteiger partial charge in [0.25, 0.3) is 5.91 Å². The summed E-state index contributed by atoms with van der Waals surface area (Å²) >= 11 is 0. The molecule has 128 valence electrons. The number of aromatic nitrogens is 1. The van der Waals surface area contributed by atoms with Gasteiger partial charge in [-0.2, -0.15) is 4.31 Å². The smallest absolute Gasteiger partial charge is 0.258 e. The number of rotatable bonds is 6. The van der Waals surface area contributed by atoms with Crippen LogP contribution in [-0.2, 0) is 10.0 Å². The van der Waals surface area contributed by atoms with E-state index >= 15 is 0 Å². The van der Waals surface area contributed by atoms with Crippen molar-refractivity contribution in [2.45, 2.75) is 18.7 Å². The minimum absolute atomic E-state index is 0.187. The van der Waals surface area contributed by atoms with Crippen LogP contribution in [0.4, 0.5) is 5.69 Å². The summed E-state index contributed by atoms with van der Waals surface area (Å²) in [7, 11) is -1.86. The fraction of sp³-hybridized carbons (Fsp3) is 0.294. The molecule has 0 unspecified atom stereocenters. The summed E-state index contributed by atoms with van der Waals surface area (Å²) in [6, 6.07) is 9.54. The van der Waals surface area contributed by atoms with E-state index in [-0.39, 0.29) is 10.8 Å². The van der Waals surface area contributed by atoms with Crippen LogP contribution in [0, 0.1) is 0 Å². The van der Waals surface area contributed by atoms with Gasteiger partial charge < -0.3 is 4.90 Å². The Labute approximate surface area is 142 Å². The number of pyridine rings is 1. The van der Waals surface area contributed by atoms with Crippen molar-refractivity contribution in [3.8, 4) is 0 Å². The van der Waals surface area contributed by atoms with Crippen LogP contribution >= 0.6 is 0 Å². The van der Waals surface area contributed by atoms with E-state index in [1.54, 1.807) is 45.4 Å². The predicted molar refractivity (Wildman–Crippen MR) is 93.5 cm³/mol. The first-order valence-electron chi connectivity index (χ1n) is 7.70. The highest BCUT2D eigenvalue weighted by Crippen LogP contribution is 2.18. The molecule has 0 atom stereocenters. The maximum Gasteiger partial charge on any atom is 0.258 e. The molecule has 1 aromatic carbocycles. The second kappa shape index (κ2) is 7.55. The van der Waals surface area contributed by atoms with Crippen molar-refractivity contribution in [2.24, 2.45) is 0 Å². The molecule has 2 rings (SSSR count). The average molecular weight is 347 g/mol. The van der Waals surface area contributed by atoms with Crippen LogP contribution < -0.4 is 4.90 Å². The molecule has 0 N–H and O–H groups in total. The molecule has 1 amide bonds. The summed E-state index contributed by atoms with van der Waals surface area (Å²) < 4.78 is 26.3. The van der Waals surface area contributed by atoms with Gasteiger partial charge in [-0.3, -0.25) is 9.78 Å². The van der Waals surface area contributed by atoms with Crippen molar-refractivity contribution < 1.29 is 13.2 Å². The Morgan fingerprint density at radius 3 is 2.21 bits per heavy atom. The lowest BCUT2D eigenvalue weighted by atomic mass is 10.2. The molecule has 0 aliphatic carbocycles. The second-order valence-electron chi connectivity index (χ2n) is 5.19. The number of carbonyl (C=O) groups excluding carboxylic acids is 1. The minimum atomic E-state index is -3.52. The molecule has 0 spiro atoms. The van der Waals surface area contributed by atoms with Gasteiger partial charge in [0.2, 0.25) is 10.0 Å². The fourth-order valence-electron chi connectivity index (χ4n) is 2.35. The number of sulfonamides is 1. The molecule has 2 aromatic rings. The van der Waals surface area contributed by atoms with Gasteiger partial charge in [0.1, 0.15) is 0 Å². The molecular formula is C17H21N3O3S. The van der Waals surface area contributed by atoms with Gasteiger partial charge in [0, 0.05) is 31.9 Å². The highest BCUT2D eigenvalue weighted by Gasteiger charge is 2.22. The lowest BCUT2D eigenvalue weighted by molar-refractivity contribution is 0.0993. The zero-order valence-electron chi connectivity index (χ0n) is 14.0. The Morgan fingerprint density at radius 2 is 1.71 bits per heavy atom. The molecule has 0 saturated heterocycles. The summed E-state index contributed by atoms with van der Waals surface area (Å²) in [6.45, 7) is 4.40. The van der Waals surface area contributed by atoms with E-state index in [1.165, 1.54) is 33.5 Å². The summed E-state index contributed by atoms with van der Waals surface area (Å²) in [5.41, 5.74) is 1.09. The molecule has 0 fully saturated rings. The number of anilines is 1. The molecule has 6 nitrogen and oxygen atoms in total. The number of amides is 1. The molecule has 0 saturated carbocycles. The summed E-state index contributed by atoms with van der Waals surface area (Å²) in [4.78, 5) is 18.1. The van der Waals surface area contributed by atoms with Crippen molar-refractivity contribution in [3.63, 3.8) is 0 Å². The fourth-order valence-corrected chi connectivity index (χ4v) is 3.80. The normalized spacial score (nSPS) is 11.5. The van der Waals surface area contributed by atoms with E-state index in [1.807, 2.05) is 0 Å². The SMILES string of the molecule is CCN(CC)S(=O)(=O)c1ccc(C(=O)N(C)c2cccnc2)cc1. The van der Waals surface area contributed by atoms with E-state index < -0.39 is 10.0 Å². The zero-order valence-corrected chi connectivity index (χ0v) is 14.8. The van der Waals surface area contributed by atoms with Gasteiger partial charge in [-0.15, -0.1) is 0 Å². The van der Waals surface area contributed by atoms with E-state index in [9.17, 15) is 13.2 Å². The highest BCUT2D eigenvalue weighted by atomic mass is 32.2. The Kier molecular flexibility index (Phi) is 5.69. The maximum atomic E-state index is 12.5. The summed E-state index contributed by atoms with van der Waals surface area (Å²) in [5.74, 6) is -0.227. The van der Waals surface area contributed by atoms with Gasteiger partial charge in [-0.05, 0) is 36.4 Å². The van der Waals surface area contributed by atoms with E-state index in [2.05, 4.69) is 4.98 Å². The number of carbonyl (C=O) groups is 1. The van der Waals surface area contributed by atoms with Crippen molar-refractivity contribution in [1.82, 2.24) is 9.29 Å². The third-order valence-electron chi connectivity index (χ3n) is 3.78. The van der Waals surface area contributed by atoms with Gasteiger partial charge in [-0.1, -0.05) is 13.8 Å². The van der Waals surface area contributed by atoms with Crippen LogP contribution in [-0.4, -0.2) is 43.8 Å². The molecule has 1 aromatic heterocycles. The van der Waals surface area contributed by atoms with Crippen molar-refractivity contribution in [2.75, 3.05) is 25.0 Å². The monoisotopic (exact) mass is 347 g/mol. The standard InChI is InChI=1S/C17H21N3O3S/c1-4-20(5-2)24(22,23)16-10-8-14(9-11-16)17(21)19(3)15-7-6-12-18-13-15/h6-13H,4-5H2,1-3H3. The van der Waals surface area contributed by atoms with E-state index in [0.717, 1.165) is 0 Å². The Bertz CT molecular complexity index is 786. The van der Waals surface area contributed by atoms with Gasteiger partial charge in [-0.25, -0.2) is 8.42 Å². The largest absolute Gasteiger partial charge is 0.310 e. The zero-order chi connectivity index (χ0) is 17.7. The third-order valence-corrected chi connectivity index (χ3v) is 5.85. The molecule has 0 aliphatic heterocycles. The molecule has 0 aliphatic rings. The van der Waals surface area contributed by atoms with Gasteiger partial charge >= 0.3 is 0 Å². The van der Waals surface area contributed by atoms with E-state index in [4.69, 9.17) is 0 Å².